The van der Waals surface area contributed by atoms with Gasteiger partial charge in [-0.05, 0) is 24.8 Å². The molecule has 0 saturated heterocycles. The highest BCUT2D eigenvalue weighted by Gasteiger charge is 2.22. The Morgan fingerprint density at radius 3 is 3.00 bits per heavy atom. The molecule has 0 aliphatic heterocycles. The van der Waals surface area contributed by atoms with Crippen molar-refractivity contribution in [3.05, 3.63) is 23.6 Å². The number of nitrogens with zero attached hydrogens (tertiary/aromatic N) is 1. The van der Waals surface area contributed by atoms with Crippen molar-refractivity contribution < 1.29 is 14.2 Å². The lowest BCUT2D eigenvalue weighted by Gasteiger charge is -2.07. The van der Waals surface area contributed by atoms with Crippen LogP contribution < -0.4 is 4.74 Å². The summed E-state index contributed by atoms with van der Waals surface area (Å²) in [6.07, 6.45) is 3.48. The largest absolute Gasteiger partial charge is 0.477 e. The van der Waals surface area contributed by atoms with Gasteiger partial charge in [-0.25, -0.2) is 9.37 Å². The first-order valence-electron chi connectivity index (χ1n) is 4.67. The Bertz CT molecular complexity index is 326. The zero-order chi connectivity index (χ0) is 9.97. The van der Waals surface area contributed by atoms with Gasteiger partial charge in [-0.2, -0.15) is 0 Å². The van der Waals surface area contributed by atoms with Crippen LogP contribution in [0.2, 0.25) is 0 Å². The van der Waals surface area contributed by atoms with Crippen LogP contribution in [-0.2, 0) is 6.61 Å². The Hall–Kier alpha value is -1.16. The van der Waals surface area contributed by atoms with Crippen LogP contribution in [0.15, 0.2) is 12.3 Å². The van der Waals surface area contributed by atoms with Crippen molar-refractivity contribution in [3.8, 4) is 5.88 Å². The predicted octanol–water partition coefficient (Wildman–Crippen LogP) is 1.50. The SMILES string of the molecule is OCc1cc(F)cnc1OCC1CC1. The van der Waals surface area contributed by atoms with Gasteiger partial charge in [0, 0.05) is 5.56 Å². The molecule has 14 heavy (non-hydrogen) atoms. The van der Waals surface area contributed by atoms with E-state index in [2.05, 4.69) is 4.98 Å². The number of rotatable bonds is 4. The molecule has 0 atom stereocenters. The summed E-state index contributed by atoms with van der Waals surface area (Å²) in [6.45, 7) is 0.371. The molecule has 0 radical (unpaired) electrons. The molecule has 0 aromatic carbocycles. The average Bonchev–Trinajstić information content (AvgIpc) is 2.99. The topological polar surface area (TPSA) is 42.4 Å². The van der Waals surface area contributed by atoms with E-state index in [9.17, 15) is 4.39 Å². The number of aliphatic hydroxyl groups is 1. The van der Waals surface area contributed by atoms with Gasteiger partial charge in [0.25, 0.3) is 0 Å². The van der Waals surface area contributed by atoms with Crippen LogP contribution in [0.25, 0.3) is 0 Å². The summed E-state index contributed by atoms with van der Waals surface area (Å²) in [7, 11) is 0. The molecule has 0 spiro atoms. The molecule has 0 bridgehead atoms. The third kappa shape index (κ3) is 2.20. The van der Waals surface area contributed by atoms with Gasteiger partial charge in [-0.3, -0.25) is 0 Å². The minimum Gasteiger partial charge on any atom is -0.477 e. The molecule has 0 unspecified atom stereocenters. The van der Waals surface area contributed by atoms with Crippen molar-refractivity contribution in [1.82, 2.24) is 4.98 Å². The van der Waals surface area contributed by atoms with E-state index in [1.807, 2.05) is 0 Å². The maximum atomic E-state index is 12.7. The number of halogens is 1. The number of hydrogen-bond donors (Lipinski definition) is 1. The zero-order valence-electron chi connectivity index (χ0n) is 7.74. The second kappa shape index (κ2) is 3.92. The third-order valence-corrected chi connectivity index (χ3v) is 2.21. The van der Waals surface area contributed by atoms with Crippen LogP contribution in [0.4, 0.5) is 4.39 Å². The number of aromatic nitrogens is 1. The summed E-state index contributed by atoms with van der Waals surface area (Å²) in [5.74, 6) is 0.516. The minimum absolute atomic E-state index is 0.245. The molecule has 2 rings (SSSR count). The second-order valence-electron chi connectivity index (χ2n) is 3.53. The summed E-state index contributed by atoms with van der Waals surface area (Å²) < 4.78 is 18.1. The highest BCUT2D eigenvalue weighted by Crippen LogP contribution is 2.29. The first kappa shape index (κ1) is 9.40. The Balaban J connectivity index is 2.05. The molecule has 3 nitrogen and oxygen atoms in total. The summed E-state index contributed by atoms with van der Waals surface area (Å²) in [4.78, 5) is 3.79. The van der Waals surface area contributed by atoms with Gasteiger partial charge in [-0.1, -0.05) is 0 Å². The minimum atomic E-state index is -0.451. The van der Waals surface area contributed by atoms with E-state index < -0.39 is 5.82 Å². The lowest BCUT2D eigenvalue weighted by molar-refractivity contribution is 0.250. The molecule has 1 aliphatic rings. The Labute approximate surface area is 81.5 Å². The fraction of sp³-hybridized carbons (Fsp3) is 0.500. The van der Waals surface area contributed by atoms with E-state index in [1.165, 1.54) is 18.9 Å². The van der Waals surface area contributed by atoms with Crippen molar-refractivity contribution in [3.63, 3.8) is 0 Å². The Morgan fingerprint density at radius 1 is 1.57 bits per heavy atom. The average molecular weight is 197 g/mol. The molecule has 1 aromatic rings. The second-order valence-corrected chi connectivity index (χ2v) is 3.53. The van der Waals surface area contributed by atoms with Gasteiger partial charge < -0.3 is 9.84 Å². The van der Waals surface area contributed by atoms with Gasteiger partial charge in [-0.15, -0.1) is 0 Å². The smallest absolute Gasteiger partial charge is 0.219 e. The van der Waals surface area contributed by atoms with E-state index in [0.717, 1.165) is 6.20 Å². The fourth-order valence-electron chi connectivity index (χ4n) is 1.19. The van der Waals surface area contributed by atoms with E-state index in [-0.39, 0.29) is 6.61 Å². The van der Waals surface area contributed by atoms with Crippen LogP contribution >= 0.6 is 0 Å². The van der Waals surface area contributed by atoms with E-state index in [4.69, 9.17) is 9.84 Å². The standard InChI is InChI=1S/C10H12FNO2/c11-9-3-8(5-13)10(12-4-9)14-6-7-1-2-7/h3-4,7,13H,1-2,5-6H2. The van der Waals surface area contributed by atoms with Crippen LogP contribution in [-0.4, -0.2) is 16.7 Å². The first-order valence-corrected chi connectivity index (χ1v) is 4.67. The zero-order valence-corrected chi connectivity index (χ0v) is 7.74. The number of ether oxygens (including phenoxy) is 1. The van der Waals surface area contributed by atoms with Gasteiger partial charge in [0.15, 0.2) is 0 Å². The number of aliphatic hydroxyl groups excluding tert-OH is 1. The normalized spacial score (nSPS) is 15.6. The molecular formula is C10H12FNO2. The van der Waals surface area contributed by atoms with Crippen molar-refractivity contribution in [2.45, 2.75) is 19.4 Å². The highest BCUT2D eigenvalue weighted by atomic mass is 19.1. The lowest BCUT2D eigenvalue weighted by atomic mass is 10.3. The molecule has 1 saturated carbocycles. The van der Waals surface area contributed by atoms with Crippen LogP contribution in [0.5, 0.6) is 5.88 Å². The molecular weight excluding hydrogens is 185 g/mol. The Kier molecular flexibility index (Phi) is 2.63. The number of pyridine rings is 1. The highest BCUT2D eigenvalue weighted by molar-refractivity contribution is 5.25. The van der Waals surface area contributed by atoms with Crippen molar-refractivity contribution >= 4 is 0 Å². The summed E-state index contributed by atoms with van der Waals surface area (Å²) in [5, 5.41) is 8.94. The van der Waals surface area contributed by atoms with E-state index in [1.54, 1.807) is 0 Å². The van der Waals surface area contributed by atoms with Crippen molar-refractivity contribution in [1.29, 1.82) is 0 Å². The van der Waals surface area contributed by atoms with Gasteiger partial charge in [0.1, 0.15) is 5.82 Å². The molecule has 76 valence electrons. The van der Waals surface area contributed by atoms with Gasteiger partial charge in [0.05, 0.1) is 19.4 Å². The van der Waals surface area contributed by atoms with Crippen molar-refractivity contribution in [2.75, 3.05) is 6.61 Å². The van der Waals surface area contributed by atoms with E-state index in [0.29, 0.717) is 24.0 Å². The van der Waals surface area contributed by atoms with Crippen molar-refractivity contribution in [2.24, 2.45) is 5.92 Å². The summed E-state index contributed by atoms with van der Waals surface area (Å²) in [6, 6.07) is 1.25. The molecule has 1 heterocycles. The number of hydrogen-bond acceptors (Lipinski definition) is 3. The third-order valence-electron chi connectivity index (χ3n) is 2.21. The quantitative estimate of drug-likeness (QED) is 0.795. The monoisotopic (exact) mass is 197 g/mol. The maximum absolute atomic E-state index is 12.7. The van der Waals surface area contributed by atoms with Crippen LogP contribution in [0, 0.1) is 11.7 Å². The first-order chi connectivity index (χ1) is 6.79. The van der Waals surface area contributed by atoms with Crippen LogP contribution in [0.1, 0.15) is 18.4 Å². The summed E-state index contributed by atoms with van der Waals surface area (Å²) >= 11 is 0. The fourth-order valence-corrected chi connectivity index (χ4v) is 1.19. The van der Waals surface area contributed by atoms with Gasteiger partial charge in [0.2, 0.25) is 5.88 Å². The molecule has 1 fully saturated rings. The maximum Gasteiger partial charge on any atom is 0.219 e. The molecule has 1 N–H and O–H groups in total. The van der Waals surface area contributed by atoms with E-state index >= 15 is 0 Å². The lowest BCUT2D eigenvalue weighted by Crippen LogP contribution is -2.04. The molecule has 4 heteroatoms. The molecule has 0 amide bonds. The Morgan fingerprint density at radius 2 is 2.36 bits per heavy atom. The molecule has 1 aliphatic carbocycles. The van der Waals surface area contributed by atoms with Gasteiger partial charge >= 0.3 is 0 Å². The van der Waals surface area contributed by atoms with Crippen LogP contribution in [0.3, 0.4) is 0 Å². The summed E-state index contributed by atoms with van der Waals surface area (Å²) in [5.41, 5.74) is 0.408. The molecule has 1 aromatic heterocycles. The predicted molar refractivity (Wildman–Crippen MR) is 48.3 cm³/mol.